The first-order valence-corrected chi connectivity index (χ1v) is 9.11. The first-order valence-electron chi connectivity index (χ1n) is 8.06. The maximum absolute atomic E-state index is 13.0. The molecule has 2 aromatic rings. The van der Waals surface area contributed by atoms with Crippen LogP contribution in [-0.2, 0) is 4.79 Å². The van der Waals surface area contributed by atoms with E-state index in [1.54, 1.807) is 24.3 Å². The highest BCUT2D eigenvalue weighted by Crippen LogP contribution is 2.46. The van der Waals surface area contributed by atoms with Crippen LogP contribution in [0.15, 0.2) is 48.5 Å². The Bertz CT molecular complexity index is 915. The molecule has 0 N–H and O–H groups in total. The Morgan fingerprint density at radius 1 is 1.15 bits per heavy atom. The number of thioether (sulfide) groups is 1. The number of carbonyl (C=O) groups excluding carboxylic acids is 2. The zero-order chi connectivity index (χ0) is 18.4. The van der Waals surface area contributed by atoms with Gasteiger partial charge in [0, 0.05) is 17.9 Å². The second kappa shape index (κ2) is 6.14. The molecular formula is C18H15N3O4S. The lowest BCUT2D eigenvalue weighted by atomic mass is 10.1. The summed E-state index contributed by atoms with van der Waals surface area (Å²) >= 11 is 1.45. The molecule has 8 heteroatoms. The van der Waals surface area contributed by atoms with Gasteiger partial charge in [0.2, 0.25) is 0 Å². The van der Waals surface area contributed by atoms with E-state index in [1.807, 2.05) is 19.1 Å². The molecule has 0 spiro atoms. The van der Waals surface area contributed by atoms with Crippen LogP contribution in [0.2, 0.25) is 0 Å². The van der Waals surface area contributed by atoms with E-state index in [0.717, 1.165) is 5.56 Å². The fraction of sp³-hybridized carbons (Fsp3) is 0.222. The molecule has 132 valence electrons. The van der Waals surface area contributed by atoms with Crippen molar-refractivity contribution in [3.8, 4) is 0 Å². The van der Waals surface area contributed by atoms with Crippen molar-refractivity contribution in [1.29, 1.82) is 0 Å². The third-order valence-electron chi connectivity index (χ3n) is 4.58. The van der Waals surface area contributed by atoms with Crippen LogP contribution in [0.1, 0.15) is 16.5 Å². The van der Waals surface area contributed by atoms with Crippen molar-refractivity contribution in [3.05, 3.63) is 69.8 Å². The molecule has 0 aromatic heterocycles. The van der Waals surface area contributed by atoms with E-state index in [9.17, 15) is 19.7 Å². The van der Waals surface area contributed by atoms with Gasteiger partial charge in [-0.3, -0.25) is 19.8 Å². The number of nitrogens with zero attached hydrogens (tertiary/aromatic N) is 3. The van der Waals surface area contributed by atoms with Gasteiger partial charge < -0.3 is 0 Å². The average molecular weight is 369 g/mol. The molecule has 2 aliphatic rings. The molecular weight excluding hydrogens is 354 g/mol. The topological polar surface area (TPSA) is 83.8 Å². The number of rotatable bonds is 3. The maximum atomic E-state index is 13.0. The fourth-order valence-electron chi connectivity index (χ4n) is 3.27. The quantitative estimate of drug-likeness (QED) is 0.470. The van der Waals surface area contributed by atoms with Gasteiger partial charge in [-0.15, -0.1) is 11.8 Å². The number of nitro benzene ring substituents is 1. The summed E-state index contributed by atoms with van der Waals surface area (Å²) in [5, 5.41) is 10.6. The molecule has 2 aromatic carbocycles. The Kier molecular flexibility index (Phi) is 3.91. The van der Waals surface area contributed by atoms with Gasteiger partial charge in [0.1, 0.15) is 11.4 Å². The SMILES string of the molecule is Cc1ccc(N2C(=O)[C@@H]3CSC(c4cccc([N+](=O)[O-])c4)N3C2=O)cc1. The van der Waals surface area contributed by atoms with Crippen LogP contribution >= 0.6 is 11.8 Å². The van der Waals surface area contributed by atoms with Gasteiger partial charge in [0.25, 0.3) is 11.6 Å². The molecule has 2 aliphatic heterocycles. The Morgan fingerprint density at radius 2 is 1.88 bits per heavy atom. The van der Waals surface area contributed by atoms with Gasteiger partial charge in [-0.05, 0) is 24.6 Å². The number of anilines is 1. The second-order valence-electron chi connectivity index (χ2n) is 6.25. The third kappa shape index (κ3) is 2.53. The van der Waals surface area contributed by atoms with Gasteiger partial charge in [-0.25, -0.2) is 9.69 Å². The van der Waals surface area contributed by atoms with Crippen molar-refractivity contribution in [2.45, 2.75) is 18.3 Å². The molecule has 2 fully saturated rings. The molecule has 7 nitrogen and oxygen atoms in total. The number of imide groups is 1. The number of benzene rings is 2. The van der Waals surface area contributed by atoms with Crippen LogP contribution in [0.25, 0.3) is 0 Å². The monoisotopic (exact) mass is 369 g/mol. The van der Waals surface area contributed by atoms with Crippen molar-refractivity contribution in [1.82, 2.24) is 4.90 Å². The lowest BCUT2D eigenvalue weighted by Crippen LogP contribution is -2.33. The lowest BCUT2D eigenvalue weighted by Gasteiger charge is -2.23. The fourth-order valence-corrected chi connectivity index (χ4v) is 4.67. The van der Waals surface area contributed by atoms with Gasteiger partial charge in [0.15, 0.2) is 0 Å². The Morgan fingerprint density at radius 3 is 2.58 bits per heavy atom. The first kappa shape index (κ1) is 16.6. The summed E-state index contributed by atoms with van der Waals surface area (Å²) in [4.78, 5) is 39.1. The number of nitro groups is 1. The van der Waals surface area contributed by atoms with Gasteiger partial charge in [-0.1, -0.05) is 29.8 Å². The molecule has 2 atom stereocenters. The predicted octanol–water partition coefficient (Wildman–Crippen LogP) is 3.49. The summed E-state index contributed by atoms with van der Waals surface area (Å²) in [6, 6.07) is 12.5. The summed E-state index contributed by atoms with van der Waals surface area (Å²) < 4.78 is 0. The summed E-state index contributed by atoms with van der Waals surface area (Å²) in [5.74, 6) is 0.222. The number of aryl methyl sites for hydroxylation is 1. The molecule has 26 heavy (non-hydrogen) atoms. The molecule has 4 rings (SSSR count). The van der Waals surface area contributed by atoms with Crippen LogP contribution in [0.4, 0.5) is 16.2 Å². The third-order valence-corrected chi connectivity index (χ3v) is 5.90. The summed E-state index contributed by atoms with van der Waals surface area (Å²) in [5.41, 5.74) is 2.21. The Hall–Kier alpha value is -2.87. The molecule has 0 bridgehead atoms. The highest BCUT2D eigenvalue weighted by Gasteiger charge is 2.53. The predicted molar refractivity (Wildman–Crippen MR) is 98.0 cm³/mol. The van der Waals surface area contributed by atoms with E-state index in [-0.39, 0.29) is 17.6 Å². The number of urea groups is 1. The minimum atomic E-state index is -0.543. The number of hydrogen-bond acceptors (Lipinski definition) is 5. The lowest BCUT2D eigenvalue weighted by molar-refractivity contribution is -0.384. The maximum Gasteiger partial charge on any atom is 0.333 e. The average Bonchev–Trinajstić information content (AvgIpc) is 3.17. The zero-order valence-corrected chi connectivity index (χ0v) is 14.7. The first-order chi connectivity index (χ1) is 12.5. The molecule has 2 heterocycles. The zero-order valence-electron chi connectivity index (χ0n) is 13.9. The number of non-ortho nitro benzene ring substituents is 1. The van der Waals surface area contributed by atoms with E-state index in [4.69, 9.17) is 0 Å². The van der Waals surface area contributed by atoms with E-state index < -0.39 is 16.3 Å². The second-order valence-corrected chi connectivity index (χ2v) is 7.37. The molecule has 2 saturated heterocycles. The highest BCUT2D eigenvalue weighted by molar-refractivity contribution is 7.99. The minimum absolute atomic E-state index is 0.0279. The molecule has 1 unspecified atom stereocenters. The van der Waals surface area contributed by atoms with Gasteiger partial charge >= 0.3 is 6.03 Å². The molecule has 0 radical (unpaired) electrons. The number of hydrogen-bond donors (Lipinski definition) is 0. The van der Waals surface area contributed by atoms with Crippen molar-refractivity contribution >= 4 is 35.1 Å². The van der Waals surface area contributed by atoms with Crippen LogP contribution in [0.3, 0.4) is 0 Å². The highest BCUT2D eigenvalue weighted by atomic mass is 32.2. The molecule has 3 amide bonds. The van der Waals surface area contributed by atoms with E-state index in [0.29, 0.717) is 17.0 Å². The summed E-state index contributed by atoms with van der Waals surface area (Å²) in [6.45, 7) is 1.94. The molecule has 0 saturated carbocycles. The van der Waals surface area contributed by atoms with Crippen molar-refractivity contribution in [2.75, 3.05) is 10.7 Å². The normalized spacial score (nSPS) is 22.0. The Balaban J connectivity index is 1.68. The Labute approximate surface area is 153 Å². The largest absolute Gasteiger partial charge is 0.333 e. The van der Waals surface area contributed by atoms with Crippen LogP contribution in [0, 0.1) is 17.0 Å². The summed E-state index contributed by atoms with van der Waals surface area (Å²) in [7, 11) is 0. The minimum Gasteiger partial charge on any atom is -0.295 e. The molecule has 0 aliphatic carbocycles. The standard InChI is InChI=1S/C18H15N3O4S/c1-11-5-7-13(8-6-11)19-16(22)15-10-26-17(20(15)18(19)23)12-3-2-4-14(9-12)21(24)25/h2-9,15,17H,10H2,1H3/t15-,17?/m0/s1. The van der Waals surface area contributed by atoms with Crippen molar-refractivity contribution in [2.24, 2.45) is 0 Å². The smallest absolute Gasteiger partial charge is 0.295 e. The number of fused-ring (bicyclic) bond motifs is 1. The van der Waals surface area contributed by atoms with E-state index >= 15 is 0 Å². The summed E-state index contributed by atoms with van der Waals surface area (Å²) in [6.07, 6.45) is 0. The van der Waals surface area contributed by atoms with Gasteiger partial charge in [0.05, 0.1) is 10.6 Å². The van der Waals surface area contributed by atoms with Crippen molar-refractivity contribution < 1.29 is 14.5 Å². The van der Waals surface area contributed by atoms with Gasteiger partial charge in [-0.2, -0.15) is 0 Å². The number of amides is 3. The van der Waals surface area contributed by atoms with Crippen LogP contribution in [-0.4, -0.2) is 33.6 Å². The van der Waals surface area contributed by atoms with E-state index in [1.165, 1.54) is 33.7 Å². The van der Waals surface area contributed by atoms with E-state index in [2.05, 4.69) is 0 Å². The van der Waals surface area contributed by atoms with Crippen molar-refractivity contribution in [3.63, 3.8) is 0 Å². The van der Waals surface area contributed by atoms with Crippen LogP contribution < -0.4 is 4.90 Å². The number of carbonyl (C=O) groups is 2. The van der Waals surface area contributed by atoms with Crippen LogP contribution in [0.5, 0.6) is 0 Å².